The number of halogens is 1. The zero-order valence-corrected chi connectivity index (χ0v) is 8.80. The fourth-order valence-corrected chi connectivity index (χ4v) is 1.29. The molecule has 0 bridgehead atoms. The molecule has 0 aliphatic heterocycles. The highest BCUT2D eigenvalue weighted by molar-refractivity contribution is 5.43. The Labute approximate surface area is 97.3 Å². The standard InChI is InChI=1S/C12H8FN3O/c13-11-2-1-3-12(10(11)6-14)17-8-9-7-15-4-5-16-9/h1-5,7H,8H2. The van der Waals surface area contributed by atoms with Gasteiger partial charge in [0.2, 0.25) is 0 Å². The van der Waals surface area contributed by atoms with Crippen molar-refractivity contribution >= 4 is 0 Å². The van der Waals surface area contributed by atoms with Crippen molar-refractivity contribution in [3.63, 3.8) is 0 Å². The van der Waals surface area contributed by atoms with Crippen molar-refractivity contribution in [2.45, 2.75) is 6.61 Å². The molecule has 4 nitrogen and oxygen atoms in total. The first-order valence-electron chi connectivity index (χ1n) is 4.87. The van der Waals surface area contributed by atoms with Crippen LogP contribution in [0.4, 0.5) is 4.39 Å². The predicted molar refractivity (Wildman–Crippen MR) is 57.5 cm³/mol. The van der Waals surface area contributed by atoms with Crippen LogP contribution in [0.1, 0.15) is 11.3 Å². The largest absolute Gasteiger partial charge is 0.486 e. The van der Waals surface area contributed by atoms with Crippen LogP contribution in [-0.4, -0.2) is 9.97 Å². The summed E-state index contributed by atoms with van der Waals surface area (Å²) in [7, 11) is 0. The number of aromatic nitrogens is 2. The Bertz CT molecular complexity index is 551. The second-order valence-electron chi connectivity index (χ2n) is 3.21. The van der Waals surface area contributed by atoms with Crippen molar-refractivity contribution in [3.8, 4) is 11.8 Å². The van der Waals surface area contributed by atoms with E-state index in [2.05, 4.69) is 9.97 Å². The van der Waals surface area contributed by atoms with Gasteiger partial charge in [0.1, 0.15) is 29.8 Å². The summed E-state index contributed by atoms with van der Waals surface area (Å²) in [6.07, 6.45) is 4.63. The summed E-state index contributed by atoms with van der Waals surface area (Å²) in [5, 5.41) is 8.80. The van der Waals surface area contributed by atoms with Gasteiger partial charge in [0.05, 0.1) is 11.9 Å². The molecule has 2 rings (SSSR count). The van der Waals surface area contributed by atoms with Crippen LogP contribution < -0.4 is 4.74 Å². The summed E-state index contributed by atoms with van der Waals surface area (Å²) in [4.78, 5) is 7.88. The fourth-order valence-electron chi connectivity index (χ4n) is 1.29. The van der Waals surface area contributed by atoms with Gasteiger partial charge in [0.15, 0.2) is 0 Å². The summed E-state index contributed by atoms with van der Waals surface area (Å²) in [6, 6.07) is 6.01. The molecule has 0 fully saturated rings. The molecule has 0 spiro atoms. The average molecular weight is 229 g/mol. The van der Waals surface area contributed by atoms with Gasteiger partial charge in [-0.1, -0.05) is 6.07 Å². The molecule has 1 aromatic heterocycles. The third-order valence-electron chi connectivity index (χ3n) is 2.08. The number of rotatable bonds is 3. The third-order valence-corrected chi connectivity index (χ3v) is 2.08. The van der Waals surface area contributed by atoms with Gasteiger partial charge >= 0.3 is 0 Å². The maximum Gasteiger partial charge on any atom is 0.144 e. The van der Waals surface area contributed by atoms with Gasteiger partial charge in [-0.2, -0.15) is 5.26 Å². The van der Waals surface area contributed by atoms with E-state index >= 15 is 0 Å². The SMILES string of the molecule is N#Cc1c(F)cccc1OCc1cnccn1. The first-order chi connectivity index (χ1) is 8.31. The maximum atomic E-state index is 13.2. The van der Waals surface area contributed by atoms with Crippen LogP contribution in [0.5, 0.6) is 5.75 Å². The van der Waals surface area contributed by atoms with Crippen LogP contribution in [-0.2, 0) is 6.61 Å². The first-order valence-corrected chi connectivity index (χ1v) is 4.87. The molecule has 2 aromatic rings. The zero-order valence-electron chi connectivity index (χ0n) is 8.80. The molecule has 0 aliphatic carbocycles. The topological polar surface area (TPSA) is 58.8 Å². The Morgan fingerprint density at radius 2 is 2.24 bits per heavy atom. The van der Waals surface area contributed by atoms with E-state index < -0.39 is 5.82 Å². The molecule has 84 valence electrons. The van der Waals surface area contributed by atoms with Gasteiger partial charge in [-0.25, -0.2) is 4.39 Å². The van der Waals surface area contributed by atoms with E-state index in [1.54, 1.807) is 18.5 Å². The second kappa shape index (κ2) is 5.03. The van der Waals surface area contributed by atoms with Crippen molar-refractivity contribution in [2.75, 3.05) is 0 Å². The molecule has 1 heterocycles. The summed E-state index contributed by atoms with van der Waals surface area (Å²) in [6.45, 7) is 0.145. The third kappa shape index (κ3) is 2.55. The minimum atomic E-state index is -0.593. The molecular weight excluding hydrogens is 221 g/mol. The quantitative estimate of drug-likeness (QED) is 0.808. The van der Waals surface area contributed by atoms with Gasteiger partial charge in [-0.3, -0.25) is 9.97 Å². The number of nitrogens with zero attached hydrogens (tertiary/aromatic N) is 3. The normalized spacial score (nSPS) is 9.65. The van der Waals surface area contributed by atoms with Gasteiger partial charge in [-0.15, -0.1) is 0 Å². The molecule has 0 amide bonds. The minimum absolute atomic E-state index is 0.101. The molecule has 0 saturated heterocycles. The van der Waals surface area contributed by atoms with Gasteiger partial charge in [-0.05, 0) is 12.1 Å². The van der Waals surface area contributed by atoms with E-state index in [1.807, 2.05) is 0 Å². The lowest BCUT2D eigenvalue weighted by Crippen LogP contribution is -2.00. The van der Waals surface area contributed by atoms with Crippen LogP contribution in [0.3, 0.4) is 0 Å². The number of nitriles is 1. The summed E-state index contributed by atoms with van der Waals surface area (Å²) in [5.74, 6) is -0.387. The molecule has 0 aliphatic rings. The molecule has 0 unspecified atom stereocenters. The lowest BCUT2D eigenvalue weighted by molar-refractivity contribution is 0.298. The fraction of sp³-hybridized carbons (Fsp3) is 0.0833. The lowest BCUT2D eigenvalue weighted by Gasteiger charge is -2.07. The Hall–Kier alpha value is -2.48. The highest BCUT2D eigenvalue weighted by atomic mass is 19.1. The molecule has 0 atom stereocenters. The number of ether oxygens (including phenoxy) is 1. The molecular formula is C12H8FN3O. The Kier molecular flexibility index (Phi) is 3.26. The average Bonchev–Trinajstić information content (AvgIpc) is 2.37. The van der Waals surface area contributed by atoms with Crippen molar-refractivity contribution in [1.29, 1.82) is 5.26 Å². The van der Waals surface area contributed by atoms with E-state index in [1.165, 1.54) is 24.4 Å². The Morgan fingerprint density at radius 1 is 1.35 bits per heavy atom. The summed E-state index contributed by atoms with van der Waals surface area (Å²) in [5.41, 5.74) is 0.511. The molecule has 17 heavy (non-hydrogen) atoms. The number of hydrogen-bond acceptors (Lipinski definition) is 4. The van der Waals surface area contributed by atoms with Crippen molar-refractivity contribution in [1.82, 2.24) is 9.97 Å². The van der Waals surface area contributed by atoms with Crippen LogP contribution in [0.25, 0.3) is 0 Å². The van der Waals surface area contributed by atoms with E-state index in [0.717, 1.165) is 0 Å². The monoisotopic (exact) mass is 229 g/mol. The summed E-state index contributed by atoms with van der Waals surface area (Å²) >= 11 is 0. The zero-order chi connectivity index (χ0) is 12.1. The molecule has 1 aromatic carbocycles. The Morgan fingerprint density at radius 3 is 2.94 bits per heavy atom. The molecule has 0 N–H and O–H groups in total. The highest BCUT2D eigenvalue weighted by Gasteiger charge is 2.08. The van der Waals surface area contributed by atoms with Gasteiger partial charge in [0.25, 0.3) is 0 Å². The van der Waals surface area contributed by atoms with E-state index in [-0.39, 0.29) is 17.9 Å². The van der Waals surface area contributed by atoms with E-state index in [0.29, 0.717) is 5.69 Å². The Balaban J connectivity index is 2.15. The molecule has 0 radical (unpaired) electrons. The van der Waals surface area contributed by atoms with Gasteiger partial charge < -0.3 is 4.74 Å². The van der Waals surface area contributed by atoms with E-state index in [9.17, 15) is 4.39 Å². The van der Waals surface area contributed by atoms with Gasteiger partial charge in [0, 0.05) is 12.4 Å². The molecule has 0 saturated carbocycles. The lowest BCUT2D eigenvalue weighted by atomic mass is 10.2. The maximum absolute atomic E-state index is 13.2. The first kappa shape index (κ1) is 11.0. The predicted octanol–water partition coefficient (Wildman–Crippen LogP) is 2.07. The van der Waals surface area contributed by atoms with E-state index in [4.69, 9.17) is 10.00 Å². The van der Waals surface area contributed by atoms with Crippen molar-refractivity contribution in [3.05, 3.63) is 53.9 Å². The van der Waals surface area contributed by atoms with Crippen LogP contribution >= 0.6 is 0 Å². The number of benzene rings is 1. The highest BCUT2D eigenvalue weighted by Crippen LogP contribution is 2.20. The van der Waals surface area contributed by atoms with Crippen LogP contribution in [0.15, 0.2) is 36.8 Å². The van der Waals surface area contributed by atoms with Crippen molar-refractivity contribution < 1.29 is 9.13 Å². The second-order valence-corrected chi connectivity index (χ2v) is 3.21. The number of hydrogen-bond donors (Lipinski definition) is 0. The van der Waals surface area contributed by atoms with Crippen LogP contribution in [0.2, 0.25) is 0 Å². The smallest absolute Gasteiger partial charge is 0.144 e. The van der Waals surface area contributed by atoms with Crippen molar-refractivity contribution in [2.24, 2.45) is 0 Å². The minimum Gasteiger partial charge on any atom is -0.486 e. The summed E-state index contributed by atoms with van der Waals surface area (Å²) < 4.78 is 18.6. The van der Waals surface area contributed by atoms with Crippen LogP contribution in [0, 0.1) is 17.1 Å². The molecule has 5 heteroatoms.